The lowest BCUT2D eigenvalue weighted by molar-refractivity contribution is -0.145. The van der Waals surface area contributed by atoms with Gasteiger partial charge in [0.25, 0.3) is 0 Å². The molecular weight excluding hydrogens is 410 g/mol. The summed E-state index contributed by atoms with van der Waals surface area (Å²) in [6.07, 6.45) is 0.790. The van der Waals surface area contributed by atoms with Gasteiger partial charge in [-0.1, -0.05) is 78.9 Å². The first-order valence-corrected chi connectivity index (χ1v) is 11.7. The van der Waals surface area contributed by atoms with Crippen LogP contribution >= 0.6 is 0 Å². The van der Waals surface area contributed by atoms with Gasteiger partial charge < -0.3 is 9.80 Å². The van der Waals surface area contributed by atoms with Crippen molar-refractivity contribution in [2.45, 2.75) is 25.4 Å². The molecule has 0 aromatic heterocycles. The fraction of sp³-hybridized carbons (Fsp3) is 0.286. The number of hydrogen-bond acceptors (Lipinski definition) is 3. The molecule has 1 unspecified atom stereocenters. The molecule has 1 saturated heterocycles. The molecule has 2 heterocycles. The first-order chi connectivity index (χ1) is 16.1. The van der Waals surface area contributed by atoms with E-state index in [9.17, 15) is 9.59 Å². The molecule has 2 aliphatic heterocycles. The normalized spacial score (nSPS) is 18.4. The lowest BCUT2D eigenvalue weighted by Gasteiger charge is -2.40. The van der Waals surface area contributed by atoms with Crippen molar-refractivity contribution in [3.05, 3.63) is 102 Å². The summed E-state index contributed by atoms with van der Waals surface area (Å²) < 4.78 is 0. The summed E-state index contributed by atoms with van der Waals surface area (Å²) in [5.74, 6) is -0.808. The zero-order chi connectivity index (χ0) is 22.8. The molecule has 0 N–H and O–H groups in total. The van der Waals surface area contributed by atoms with Gasteiger partial charge in [-0.2, -0.15) is 0 Å². The predicted octanol–water partition coefficient (Wildman–Crippen LogP) is 3.90. The molecule has 1 fully saturated rings. The minimum Gasteiger partial charge on any atom is -0.332 e. The number of para-hydroxylation sites is 1. The van der Waals surface area contributed by atoms with Crippen LogP contribution in [0.15, 0.2) is 84.9 Å². The van der Waals surface area contributed by atoms with E-state index in [1.807, 2.05) is 43.3 Å². The molecule has 2 aliphatic rings. The van der Waals surface area contributed by atoms with E-state index in [-0.39, 0.29) is 12.1 Å². The summed E-state index contributed by atoms with van der Waals surface area (Å²) in [6, 6.07) is 29.0. The summed E-state index contributed by atoms with van der Waals surface area (Å²) in [5.41, 5.74) is 4.48. The fourth-order valence-corrected chi connectivity index (χ4v) is 5.18. The first kappa shape index (κ1) is 21.4. The number of carbonyl (C=O) groups is 2. The maximum absolute atomic E-state index is 13.2. The standard InChI is InChI=1S/C28H29N3O2/c1-21-20-24-14-8-9-15-25(24)31(21)28(33)27(32)30-18-16-29(17-19-30)26(22-10-4-2-5-11-22)23-12-6-3-7-13-23/h2-15,21,26H,16-20H2,1H3. The minimum atomic E-state index is -0.413. The van der Waals surface area contributed by atoms with Gasteiger partial charge in [-0.3, -0.25) is 14.5 Å². The number of anilines is 1. The number of hydrogen-bond donors (Lipinski definition) is 0. The maximum atomic E-state index is 13.2. The van der Waals surface area contributed by atoms with Gasteiger partial charge in [0.1, 0.15) is 0 Å². The molecule has 5 nitrogen and oxygen atoms in total. The Balaban J connectivity index is 1.30. The highest BCUT2D eigenvalue weighted by molar-refractivity contribution is 6.40. The van der Waals surface area contributed by atoms with Gasteiger partial charge in [0, 0.05) is 37.9 Å². The van der Waals surface area contributed by atoms with Gasteiger partial charge in [-0.05, 0) is 36.1 Å². The second kappa shape index (κ2) is 9.20. The Morgan fingerprint density at radius 3 is 1.88 bits per heavy atom. The van der Waals surface area contributed by atoms with E-state index in [1.165, 1.54) is 11.1 Å². The second-order valence-electron chi connectivity index (χ2n) is 8.91. The van der Waals surface area contributed by atoms with Crippen molar-refractivity contribution in [1.29, 1.82) is 0 Å². The van der Waals surface area contributed by atoms with E-state index < -0.39 is 11.8 Å². The molecule has 33 heavy (non-hydrogen) atoms. The number of carbonyl (C=O) groups excluding carboxylic acids is 2. The predicted molar refractivity (Wildman–Crippen MR) is 130 cm³/mol. The lowest BCUT2D eigenvalue weighted by atomic mass is 9.96. The number of amides is 2. The largest absolute Gasteiger partial charge is 0.332 e. The van der Waals surface area contributed by atoms with Crippen molar-refractivity contribution >= 4 is 17.5 Å². The Morgan fingerprint density at radius 1 is 0.727 bits per heavy atom. The van der Waals surface area contributed by atoms with Crippen molar-refractivity contribution < 1.29 is 9.59 Å². The van der Waals surface area contributed by atoms with Crippen LogP contribution in [-0.4, -0.2) is 53.8 Å². The lowest BCUT2D eigenvalue weighted by Crippen LogP contribution is -2.54. The van der Waals surface area contributed by atoms with E-state index in [0.29, 0.717) is 13.1 Å². The van der Waals surface area contributed by atoms with E-state index in [2.05, 4.69) is 53.4 Å². The van der Waals surface area contributed by atoms with Gasteiger partial charge in [-0.25, -0.2) is 0 Å². The average Bonchev–Trinajstić information content (AvgIpc) is 3.21. The quantitative estimate of drug-likeness (QED) is 0.582. The van der Waals surface area contributed by atoms with Crippen LogP contribution in [0.4, 0.5) is 5.69 Å². The molecule has 1 atom stereocenters. The van der Waals surface area contributed by atoms with E-state index >= 15 is 0 Å². The zero-order valence-corrected chi connectivity index (χ0v) is 18.9. The van der Waals surface area contributed by atoms with Crippen molar-refractivity contribution in [2.24, 2.45) is 0 Å². The molecule has 5 rings (SSSR count). The molecule has 168 valence electrons. The highest BCUT2D eigenvalue weighted by Crippen LogP contribution is 2.33. The van der Waals surface area contributed by atoms with Gasteiger partial charge in [0.05, 0.1) is 6.04 Å². The van der Waals surface area contributed by atoms with Crippen LogP contribution in [0.3, 0.4) is 0 Å². The molecule has 0 aliphatic carbocycles. The molecule has 0 radical (unpaired) electrons. The summed E-state index contributed by atoms with van der Waals surface area (Å²) in [7, 11) is 0. The third kappa shape index (κ3) is 4.16. The van der Waals surface area contributed by atoms with Crippen LogP contribution in [0, 0.1) is 0 Å². The Labute approximate surface area is 195 Å². The summed E-state index contributed by atoms with van der Waals surface area (Å²) in [6.45, 7) is 4.54. The monoisotopic (exact) mass is 439 g/mol. The Bertz CT molecular complexity index is 1080. The first-order valence-electron chi connectivity index (χ1n) is 11.7. The molecule has 3 aromatic rings. The summed E-state index contributed by atoms with van der Waals surface area (Å²) >= 11 is 0. The van der Waals surface area contributed by atoms with Crippen molar-refractivity contribution in [3.63, 3.8) is 0 Å². The third-order valence-corrected chi connectivity index (χ3v) is 6.81. The molecule has 0 bridgehead atoms. The number of fused-ring (bicyclic) bond motifs is 1. The van der Waals surface area contributed by atoms with Crippen LogP contribution < -0.4 is 4.90 Å². The van der Waals surface area contributed by atoms with E-state index in [0.717, 1.165) is 30.8 Å². The molecule has 0 spiro atoms. The van der Waals surface area contributed by atoms with E-state index in [4.69, 9.17) is 0 Å². The van der Waals surface area contributed by atoms with Crippen LogP contribution in [0.2, 0.25) is 0 Å². The molecule has 0 saturated carbocycles. The molecule has 2 amide bonds. The number of nitrogens with zero attached hydrogens (tertiary/aromatic N) is 3. The number of rotatable bonds is 3. The SMILES string of the molecule is CC1Cc2ccccc2N1C(=O)C(=O)N1CCN(C(c2ccccc2)c2ccccc2)CC1. The maximum Gasteiger partial charge on any atom is 0.316 e. The average molecular weight is 440 g/mol. The summed E-state index contributed by atoms with van der Waals surface area (Å²) in [4.78, 5) is 32.2. The van der Waals surface area contributed by atoms with Gasteiger partial charge in [0.2, 0.25) is 0 Å². The van der Waals surface area contributed by atoms with Crippen LogP contribution in [0.25, 0.3) is 0 Å². The van der Waals surface area contributed by atoms with Crippen LogP contribution in [0.5, 0.6) is 0 Å². The smallest absolute Gasteiger partial charge is 0.316 e. The highest BCUT2D eigenvalue weighted by Gasteiger charge is 2.37. The van der Waals surface area contributed by atoms with Crippen LogP contribution in [0.1, 0.15) is 29.7 Å². The Hall–Kier alpha value is -3.44. The van der Waals surface area contributed by atoms with Gasteiger partial charge >= 0.3 is 11.8 Å². The van der Waals surface area contributed by atoms with Crippen molar-refractivity contribution in [1.82, 2.24) is 9.80 Å². The third-order valence-electron chi connectivity index (χ3n) is 6.81. The van der Waals surface area contributed by atoms with Crippen molar-refractivity contribution in [2.75, 3.05) is 31.1 Å². The Morgan fingerprint density at radius 2 is 1.27 bits per heavy atom. The van der Waals surface area contributed by atoms with Gasteiger partial charge in [-0.15, -0.1) is 0 Å². The molecule has 3 aromatic carbocycles. The number of piperazine rings is 1. The second-order valence-corrected chi connectivity index (χ2v) is 8.91. The molecule has 5 heteroatoms. The zero-order valence-electron chi connectivity index (χ0n) is 18.9. The summed E-state index contributed by atoms with van der Waals surface area (Å²) in [5, 5.41) is 0. The van der Waals surface area contributed by atoms with Crippen LogP contribution in [-0.2, 0) is 16.0 Å². The fourth-order valence-electron chi connectivity index (χ4n) is 5.18. The topological polar surface area (TPSA) is 43.9 Å². The number of benzene rings is 3. The van der Waals surface area contributed by atoms with Crippen molar-refractivity contribution in [3.8, 4) is 0 Å². The van der Waals surface area contributed by atoms with Gasteiger partial charge in [0.15, 0.2) is 0 Å². The minimum absolute atomic E-state index is 0.000630. The highest BCUT2D eigenvalue weighted by atomic mass is 16.2. The molecular formula is C28H29N3O2. The van der Waals surface area contributed by atoms with E-state index in [1.54, 1.807) is 9.80 Å². The Kier molecular flexibility index (Phi) is 5.97.